The minimum Gasteiger partial charge on any atom is -0.302 e. The summed E-state index contributed by atoms with van der Waals surface area (Å²) in [6.45, 7) is 1.93. The third-order valence-electron chi connectivity index (χ3n) is 3.42. The van der Waals surface area contributed by atoms with Crippen LogP contribution in [0, 0.1) is 6.92 Å². The van der Waals surface area contributed by atoms with E-state index in [0.29, 0.717) is 11.6 Å². The van der Waals surface area contributed by atoms with Crippen LogP contribution in [-0.4, -0.2) is 15.9 Å². The zero-order valence-corrected chi connectivity index (χ0v) is 13.6. The second-order valence-corrected chi connectivity index (χ2v) is 6.18. The molecule has 2 aromatic heterocycles. The largest absolute Gasteiger partial charge is 0.302 e. The Balaban J connectivity index is 1.63. The first-order chi connectivity index (χ1) is 11.2. The van der Waals surface area contributed by atoms with Crippen molar-refractivity contribution in [2.45, 2.75) is 19.8 Å². The number of aryl methyl sites for hydroxylation is 2. The van der Waals surface area contributed by atoms with Gasteiger partial charge in [0.25, 0.3) is 0 Å². The molecule has 1 aromatic carbocycles. The number of nitrogens with one attached hydrogen (secondary N) is 1. The van der Waals surface area contributed by atoms with Crippen LogP contribution in [0.4, 0.5) is 5.13 Å². The second-order valence-electron chi connectivity index (χ2n) is 5.18. The Labute approximate surface area is 139 Å². The van der Waals surface area contributed by atoms with Crippen molar-refractivity contribution in [3.05, 3.63) is 66.0 Å². The molecule has 0 unspecified atom stereocenters. The normalized spacial score (nSPS) is 10.5. The standard InChI is InChI=1S/C18H17N3OS/c1-13-17(15-9-5-6-12-19-15)23-18(20-13)21-16(22)11-10-14-7-3-2-4-8-14/h2-9,12H,10-11H2,1H3,(H,20,21,22). The van der Waals surface area contributed by atoms with Gasteiger partial charge < -0.3 is 5.32 Å². The van der Waals surface area contributed by atoms with E-state index in [-0.39, 0.29) is 5.91 Å². The molecule has 0 fully saturated rings. The Morgan fingerprint density at radius 3 is 2.65 bits per heavy atom. The highest BCUT2D eigenvalue weighted by atomic mass is 32.1. The first-order valence-electron chi connectivity index (χ1n) is 7.45. The lowest BCUT2D eigenvalue weighted by atomic mass is 10.1. The number of rotatable bonds is 5. The maximum Gasteiger partial charge on any atom is 0.226 e. The molecule has 0 radical (unpaired) electrons. The molecule has 0 aliphatic rings. The number of hydrogen-bond donors (Lipinski definition) is 1. The molecule has 1 N–H and O–H groups in total. The molecule has 0 aliphatic heterocycles. The number of anilines is 1. The number of carbonyl (C=O) groups is 1. The summed E-state index contributed by atoms with van der Waals surface area (Å²) in [6.07, 6.45) is 2.93. The predicted molar refractivity (Wildman–Crippen MR) is 93.5 cm³/mol. The van der Waals surface area contributed by atoms with Gasteiger partial charge in [0.1, 0.15) is 0 Å². The molecule has 0 saturated heterocycles. The molecule has 0 spiro atoms. The quantitative estimate of drug-likeness (QED) is 0.769. The smallest absolute Gasteiger partial charge is 0.226 e. The third kappa shape index (κ3) is 4.02. The van der Waals surface area contributed by atoms with Crippen molar-refractivity contribution >= 4 is 22.4 Å². The second kappa shape index (κ2) is 7.15. The van der Waals surface area contributed by atoms with E-state index in [1.807, 2.05) is 55.5 Å². The first kappa shape index (κ1) is 15.4. The molecule has 23 heavy (non-hydrogen) atoms. The molecule has 0 bridgehead atoms. The van der Waals surface area contributed by atoms with E-state index >= 15 is 0 Å². The number of hydrogen-bond acceptors (Lipinski definition) is 4. The summed E-state index contributed by atoms with van der Waals surface area (Å²) in [5.41, 5.74) is 2.92. The molecule has 0 aliphatic carbocycles. The van der Waals surface area contributed by atoms with Crippen LogP contribution < -0.4 is 5.32 Å². The molecule has 3 aromatic rings. The van der Waals surface area contributed by atoms with Crippen LogP contribution in [0.3, 0.4) is 0 Å². The fraction of sp³-hybridized carbons (Fsp3) is 0.167. The number of nitrogens with zero attached hydrogens (tertiary/aromatic N) is 2. The Hall–Kier alpha value is -2.53. The van der Waals surface area contributed by atoms with Crippen LogP contribution in [0.2, 0.25) is 0 Å². The topological polar surface area (TPSA) is 54.9 Å². The molecule has 4 nitrogen and oxygen atoms in total. The highest BCUT2D eigenvalue weighted by Gasteiger charge is 2.12. The van der Waals surface area contributed by atoms with Gasteiger partial charge >= 0.3 is 0 Å². The zero-order chi connectivity index (χ0) is 16.1. The summed E-state index contributed by atoms with van der Waals surface area (Å²) in [4.78, 5) is 21.8. The van der Waals surface area contributed by atoms with Crippen LogP contribution >= 0.6 is 11.3 Å². The van der Waals surface area contributed by atoms with E-state index in [2.05, 4.69) is 15.3 Å². The van der Waals surface area contributed by atoms with Crippen molar-refractivity contribution in [2.75, 3.05) is 5.32 Å². The number of pyridine rings is 1. The minimum atomic E-state index is -0.0184. The lowest BCUT2D eigenvalue weighted by Crippen LogP contribution is -2.12. The number of benzene rings is 1. The summed E-state index contributed by atoms with van der Waals surface area (Å²) in [5, 5.41) is 3.51. The highest BCUT2D eigenvalue weighted by molar-refractivity contribution is 7.19. The third-order valence-corrected chi connectivity index (χ3v) is 4.52. The summed E-state index contributed by atoms with van der Waals surface area (Å²) in [6, 6.07) is 15.8. The Bertz CT molecular complexity index is 785. The van der Waals surface area contributed by atoms with Crippen molar-refractivity contribution in [1.82, 2.24) is 9.97 Å². The number of carbonyl (C=O) groups excluding carboxylic acids is 1. The fourth-order valence-electron chi connectivity index (χ4n) is 2.27. The van der Waals surface area contributed by atoms with Gasteiger partial charge in [-0.15, -0.1) is 0 Å². The van der Waals surface area contributed by atoms with Crippen molar-refractivity contribution in [2.24, 2.45) is 0 Å². The van der Waals surface area contributed by atoms with Crippen molar-refractivity contribution in [1.29, 1.82) is 0 Å². The van der Waals surface area contributed by atoms with E-state index < -0.39 is 0 Å². The summed E-state index contributed by atoms with van der Waals surface area (Å²) >= 11 is 1.46. The van der Waals surface area contributed by atoms with Crippen molar-refractivity contribution in [3.8, 4) is 10.6 Å². The average Bonchev–Trinajstić information content (AvgIpc) is 2.95. The maximum atomic E-state index is 12.1. The highest BCUT2D eigenvalue weighted by Crippen LogP contribution is 2.31. The van der Waals surface area contributed by atoms with Crippen LogP contribution in [-0.2, 0) is 11.2 Å². The number of aromatic nitrogens is 2. The van der Waals surface area contributed by atoms with Gasteiger partial charge in [0.05, 0.1) is 16.3 Å². The van der Waals surface area contributed by atoms with Gasteiger partial charge in [0.15, 0.2) is 5.13 Å². The molecular formula is C18H17N3OS. The summed E-state index contributed by atoms with van der Waals surface area (Å²) < 4.78 is 0. The summed E-state index contributed by atoms with van der Waals surface area (Å²) in [7, 11) is 0. The van der Waals surface area contributed by atoms with Gasteiger partial charge in [0.2, 0.25) is 5.91 Å². The van der Waals surface area contributed by atoms with E-state index in [1.165, 1.54) is 11.3 Å². The SMILES string of the molecule is Cc1nc(NC(=O)CCc2ccccc2)sc1-c1ccccn1. The van der Waals surface area contributed by atoms with Gasteiger partial charge in [-0.1, -0.05) is 47.7 Å². The van der Waals surface area contributed by atoms with Gasteiger partial charge in [-0.05, 0) is 31.0 Å². The van der Waals surface area contributed by atoms with Gasteiger partial charge in [-0.25, -0.2) is 4.98 Å². The van der Waals surface area contributed by atoms with Crippen LogP contribution in [0.5, 0.6) is 0 Å². The Morgan fingerprint density at radius 1 is 1.13 bits per heavy atom. The van der Waals surface area contributed by atoms with Crippen LogP contribution in [0.25, 0.3) is 10.6 Å². The number of amides is 1. The maximum absolute atomic E-state index is 12.1. The van der Waals surface area contributed by atoms with Crippen molar-refractivity contribution in [3.63, 3.8) is 0 Å². The summed E-state index contributed by atoms with van der Waals surface area (Å²) in [5.74, 6) is -0.0184. The van der Waals surface area contributed by atoms with E-state index in [4.69, 9.17) is 0 Å². The zero-order valence-electron chi connectivity index (χ0n) is 12.8. The lowest BCUT2D eigenvalue weighted by molar-refractivity contribution is -0.116. The van der Waals surface area contributed by atoms with E-state index in [1.54, 1.807) is 6.20 Å². The molecule has 1 amide bonds. The first-order valence-corrected chi connectivity index (χ1v) is 8.26. The Morgan fingerprint density at radius 2 is 1.91 bits per heavy atom. The van der Waals surface area contributed by atoms with Crippen molar-refractivity contribution < 1.29 is 4.79 Å². The van der Waals surface area contributed by atoms with E-state index in [9.17, 15) is 4.79 Å². The molecule has 116 valence electrons. The van der Waals surface area contributed by atoms with Gasteiger partial charge in [-0.2, -0.15) is 0 Å². The van der Waals surface area contributed by atoms with Crippen LogP contribution in [0.1, 0.15) is 17.7 Å². The fourth-order valence-corrected chi connectivity index (χ4v) is 3.23. The predicted octanol–water partition coefficient (Wildman–Crippen LogP) is 4.08. The van der Waals surface area contributed by atoms with Gasteiger partial charge in [0, 0.05) is 12.6 Å². The Kier molecular flexibility index (Phi) is 4.78. The van der Waals surface area contributed by atoms with Crippen LogP contribution in [0.15, 0.2) is 54.7 Å². The molecular weight excluding hydrogens is 306 g/mol. The number of thiazole rings is 1. The molecule has 2 heterocycles. The molecule has 5 heteroatoms. The van der Waals surface area contributed by atoms with Gasteiger partial charge in [-0.3, -0.25) is 9.78 Å². The van der Waals surface area contributed by atoms with E-state index in [0.717, 1.165) is 28.2 Å². The molecule has 0 atom stereocenters. The molecule has 0 saturated carbocycles. The average molecular weight is 323 g/mol. The monoisotopic (exact) mass is 323 g/mol. The minimum absolute atomic E-state index is 0.0184. The lowest BCUT2D eigenvalue weighted by Gasteiger charge is -2.02. The molecule has 3 rings (SSSR count).